The Bertz CT molecular complexity index is 1320. The molecule has 0 bridgehead atoms. The van der Waals surface area contributed by atoms with Gasteiger partial charge in [0.25, 0.3) is 0 Å². The fraction of sp³-hybridized carbons (Fsp3) is 0.462. The lowest BCUT2D eigenvalue weighted by Crippen LogP contribution is -2.46. The van der Waals surface area contributed by atoms with Crippen LogP contribution in [0.3, 0.4) is 0 Å². The van der Waals surface area contributed by atoms with E-state index < -0.39 is 16.0 Å². The zero-order valence-electron chi connectivity index (χ0n) is 20.7. The predicted octanol–water partition coefficient (Wildman–Crippen LogP) is 4.08. The quantitative estimate of drug-likeness (QED) is 0.352. The number of carbonyl (C=O) groups is 1. The van der Waals surface area contributed by atoms with Gasteiger partial charge in [0.15, 0.2) is 5.13 Å². The Balaban J connectivity index is 1.25. The van der Waals surface area contributed by atoms with Crippen molar-refractivity contribution >= 4 is 42.7 Å². The standard InChI is InChI=1S/C26H32N4O4S2/c1-3-28-14-16-29(17-15-28)26-27-23-9-6-21(18-24(23)35-26)34-25(31)20-4-7-22(8-5-20)36(32,33)30-12-10-19(2)11-13-30/h4-9,18-19H,3,10-17H2,1-2H3. The summed E-state index contributed by atoms with van der Waals surface area (Å²) >= 11 is 1.60. The third kappa shape index (κ3) is 5.27. The molecule has 0 N–H and O–H groups in total. The van der Waals surface area contributed by atoms with Gasteiger partial charge in [-0.15, -0.1) is 0 Å². The number of aromatic nitrogens is 1. The minimum Gasteiger partial charge on any atom is -0.423 e. The fourth-order valence-corrected chi connectivity index (χ4v) is 7.17. The number of esters is 1. The lowest BCUT2D eigenvalue weighted by Gasteiger charge is -2.33. The molecule has 0 aliphatic carbocycles. The molecule has 3 heterocycles. The Morgan fingerprint density at radius 3 is 2.39 bits per heavy atom. The molecule has 36 heavy (non-hydrogen) atoms. The number of likely N-dealkylation sites (N-methyl/N-ethyl adjacent to an activating group) is 1. The predicted molar refractivity (Wildman–Crippen MR) is 143 cm³/mol. The molecular formula is C26H32N4O4S2. The topological polar surface area (TPSA) is 83.0 Å². The van der Waals surface area contributed by atoms with Crippen molar-refractivity contribution in [3.8, 4) is 5.75 Å². The Hall–Kier alpha value is -2.53. The van der Waals surface area contributed by atoms with Crippen LogP contribution in [0.5, 0.6) is 5.75 Å². The molecule has 8 nitrogen and oxygen atoms in total. The number of anilines is 1. The number of ether oxygens (including phenoxy) is 1. The van der Waals surface area contributed by atoms with E-state index in [-0.39, 0.29) is 4.90 Å². The number of piperidine rings is 1. The molecule has 2 aromatic carbocycles. The monoisotopic (exact) mass is 528 g/mol. The highest BCUT2D eigenvalue weighted by Gasteiger charge is 2.28. The Morgan fingerprint density at radius 1 is 1.03 bits per heavy atom. The fourth-order valence-electron chi connectivity index (χ4n) is 4.65. The van der Waals surface area contributed by atoms with Crippen LogP contribution in [0.4, 0.5) is 5.13 Å². The maximum absolute atomic E-state index is 12.9. The maximum Gasteiger partial charge on any atom is 0.343 e. The van der Waals surface area contributed by atoms with Crippen molar-refractivity contribution in [1.29, 1.82) is 0 Å². The Kier molecular flexibility index (Phi) is 7.30. The van der Waals surface area contributed by atoms with Crippen LogP contribution in [0.25, 0.3) is 10.2 Å². The molecule has 0 amide bonds. The van der Waals surface area contributed by atoms with Gasteiger partial charge in [0.05, 0.1) is 20.7 Å². The van der Waals surface area contributed by atoms with Crippen LogP contribution in [-0.4, -0.2) is 74.4 Å². The second-order valence-corrected chi connectivity index (χ2v) is 12.5. The van der Waals surface area contributed by atoms with Crippen LogP contribution in [0.2, 0.25) is 0 Å². The van der Waals surface area contributed by atoms with Crippen molar-refractivity contribution in [2.75, 3.05) is 50.7 Å². The molecule has 0 atom stereocenters. The van der Waals surface area contributed by atoms with Crippen molar-refractivity contribution in [3.63, 3.8) is 0 Å². The summed E-state index contributed by atoms with van der Waals surface area (Å²) in [6.07, 6.45) is 1.73. The van der Waals surface area contributed by atoms with Gasteiger partial charge in [-0.05, 0) is 61.7 Å². The van der Waals surface area contributed by atoms with Crippen LogP contribution in [0.1, 0.15) is 37.0 Å². The highest BCUT2D eigenvalue weighted by atomic mass is 32.2. The van der Waals surface area contributed by atoms with Gasteiger partial charge in [-0.1, -0.05) is 25.2 Å². The molecule has 1 aromatic heterocycles. The summed E-state index contributed by atoms with van der Waals surface area (Å²) in [6.45, 7) is 10.4. The Labute approximate surface area is 216 Å². The first-order chi connectivity index (χ1) is 17.3. The van der Waals surface area contributed by atoms with E-state index in [1.165, 1.54) is 28.6 Å². The zero-order chi connectivity index (χ0) is 25.3. The smallest absolute Gasteiger partial charge is 0.343 e. The molecule has 192 valence electrons. The summed E-state index contributed by atoms with van der Waals surface area (Å²) < 4.78 is 34.0. The molecule has 3 aromatic rings. The Morgan fingerprint density at radius 2 is 1.72 bits per heavy atom. The lowest BCUT2D eigenvalue weighted by molar-refractivity contribution is 0.0735. The summed E-state index contributed by atoms with van der Waals surface area (Å²) in [5.74, 6) is 0.462. The number of fused-ring (bicyclic) bond motifs is 1. The van der Waals surface area contributed by atoms with Crippen LogP contribution in [0.15, 0.2) is 47.4 Å². The maximum atomic E-state index is 12.9. The van der Waals surface area contributed by atoms with Gasteiger partial charge in [-0.2, -0.15) is 4.31 Å². The van der Waals surface area contributed by atoms with E-state index in [1.807, 2.05) is 12.1 Å². The molecule has 0 radical (unpaired) electrons. The van der Waals surface area contributed by atoms with Gasteiger partial charge >= 0.3 is 5.97 Å². The molecule has 0 spiro atoms. The first-order valence-corrected chi connectivity index (χ1v) is 14.8. The largest absolute Gasteiger partial charge is 0.423 e. The summed E-state index contributed by atoms with van der Waals surface area (Å²) in [7, 11) is -3.55. The zero-order valence-corrected chi connectivity index (χ0v) is 22.4. The number of piperazine rings is 1. The first kappa shape index (κ1) is 25.1. The second kappa shape index (κ2) is 10.5. The average Bonchev–Trinajstić information content (AvgIpc) is 3.32. The summed E-state index contributed by atoms with van der Waals surface area (Å²) in [5.41, 5.74) is 1.19. The number of benzene rings is 2. The van der Waals surface area contributed by atoms with Crippen molar-refractivity contribution < 1.29 is 17.9 Å². The summed E-state index contributed by atoms with van der Waals surface area (Å²) in [4.78, 5) is 22.5. The van der Waals surface area contributed by atoms with Gasteiger partial charge in [0.1, 0.15) is 5.75 Å². The van der Waals surface area contributed by atoms with E-state index in [0.717, 1.165) is 60.9 Å². The molecule has 2 aliphatic heterocycles. The highest BCUT2D eigenvalue weighted by molar-refractivity contribution is 7.89. The second-order valence-electron chi connectivity index (χ2n) is 9.55. The normalized spacial score (nSPS) is 18.6. The van der Waals surface area contributed by atoms with Crippen molar-refractivity contribution in [2.45, 2.75) is 31.6 Å². The number of sulfonamides is 1. The molecule has 2 aliphatic rings. The van der Waals surface area contributed by atoms with E-state index >= 15 is 0 Å². The van der Waals surface area contributed by atoms with E-state index in [9.17, 15) is 13.2 Å². The van der Waals surface area contributed by atoms with Crippen molar-refractivity contribution in [3.05, 3.63) is 48.0 Å². The van der Waals surface area contributed by atoms with Gasteiger partial charge in [-0.25, -0.2) is 18.2 Å². The number of nitrogens with zero attached hydrogens (tertiary/aromatic N) is 4. The third-order valence-electron chi connectivity index (χ3n) is 7.12. The minimum atomic E-state index is -3.55. The summed E-state index contributed by atoms with van der Waals surface area (Å²) in [6, 6.07) is 11.5. The number of hydrogen-bond acceptors (Lipinski definition) is 8. The molecule has 2 saturated heterocycles. The van der Waals surface area contributed by atoms with E-state index in [4.69, 9.17) is 9.72 Å². The molecule has 0 saturated carbocycles. The molecule has 10 heteroatoms. The van der Waals surface area contributed by atoms with Crippen LogP contribution >= 0.6 is 11.3 Å². The van der Waals surface area contributed by atoms with Gasteiger partial charge in [0.2, 0.25) is 10.0 Å². The van der Waals surface area contributed by atoms with Gasteiger partial charge in [-0.3, -0.25) is 0 Å². The highest BCUT2D eigenvalue weighted by Crippen LogP contribution is 2.32. The molecular weight excluding hydrogens is 496 g/mol. The van der Waals surface area contributed by atoms with Crippen LogP contribution in [0, 0.1) is 5.92 Å². The molecule has 5 rings (SSSR count). The molecule has 2 fully saturated rings. The third-order valence-corrected chi connectivity index (χ3v) is 10.1. The first-order valence-electron chi connectivity index (χ1n) is 12.5. The van der Waals surface area contributed by atoms with Crippen LogP contribution in [-0.2, 0) is 10.0 Å². The average molecular weight is 529 g/mol. The number of rotatable bonds is 6. The SMILES string of the molecule is CCN1CCN(c2nc3ccc(OC(=O)c4ccc(S(=O)(=O)N5CCC(C)CC5)cc4)cc3s2)CC1. The van der Waals surface area contributed by atoms with E-state index in [1.54, 1.807) is 17.4 Å². The van der Waals surface area contributed by atoms with E-state index in [0.29, 0.717) is 30.3 Å². The van der Waals surface area contributed by atoms with Crippen molar-refractivity contribution in [2.24, 2.45) is 5.92 Å². The lowest BCUT2D eigenvalue weighted by atomic mass is 10.0. The number of thiazole rings is 1. The van der Waals surface area contributed by atoms with Gasteiger partial charge in [0, 0.05) is 45.3 Å². The minimum absolute atomic E-state index is 0.201. The van der Waals surface area contributed by atoms with Crippen LogP contribution < -0.4 is 9.64 Å². The van der Waals surface area contributed by atoms with E-state index in [2.05, 4.69) is 23.6 Å². The number of hydrogen-bond donors (Lipinski definition) is 0. The van der Waals surface area contributed by atoms with Gasteiger partial charge < -0.3 is 14.5 Å². The van der Waals surface area contributed by atoms with Crippen molar-refractivity contribution in [1.82, 2.24) is 14.2 Å². The number of carbonyl (C=O) groups excluding carboxylic acids is 1. The molecule has 0 unspecified atom stereocenters. The summed E-state index contributed by atoms with van der Waals surface area (Å²) in [5, 5.41) is 0.990.